The van der Waals surface area contributed by atoms with Crippen LogP contribution >= 0.6 is 0 Å². The maximum Gasteiger partial charge on any atom is 0.416 e. The molecule has 1 saturated heterocycles. The van der Waals surface area contributed by atoms with E-state index < -0.39 is 29.4 Å². The highest BCUT2D eigenvalue weighted by Crippen LogP contribution is 2.41. The first-order valence-electron chi connectivity index (χ1n) is 10.1. The van der Waals surface area contributed by atoms with Crippen molar-refractivity contribution < 1.29 is 27.5 Å². The summed E-state index contributed by atoms with van der Waals surface area (Å²) in [5, 5.41) is 2.90. The lowest BCUT2D eigenvalue weighted by Crippen LogP contribution is -2.57. The lowest BCUT2D eigenvalue weighted by Gasteiger charge is -2.41. The lowest BCUT2D eigenvalue weighted by atomic mass is 9.89. The number of amides is 2. The van der Waals surface area contributed by atoms with Crippen molar-refractivity contribution in [2.45, 2.75) is 76.4 Å². The summed E-state index contributed by atoms with van der Waals surface area (Å²) in [6, 6.07) is 3.29. The SMILES string of the molecule is CC[C@H](C)NC(=O)[C@H]1COC2(CCCCC2)N1C(=O)c1ccc(C(F)(F)F)cc1. The van der Waals surface area contributed by atoms with Crippen LogP contribution in [0.2, 0.25) is 0 Å². The molecule has 2 atom stereocenters. The predicted octanol–water partition coefficient (Wildman–Crippen LogP) is 4.12. The van der Waals surface area contributed by atoms with E-state index in [0.29, 0.717) is 12.8 Å². The number of carbonyl (C=O) groups excluding carboxylic acids is 2. The molecule has 0 radical (unpaired) electrons. The molecule has 0 bridgehead atoms. The molecule has 2 aliphatic rings. The number of carbonyl (C=O) groups is 2. The van der Waals surface area contributed by atoms with Crippen LogP contribution in [0.25, 0.3) is 0 Å². The highest BCUT2D eigenvalue weighted by molar-refractivity contribution is 5.98. The average Bonchev–Trinajstić information content (AvgIpc) is 3.05. The second kappa shape index (κ2) is 8.34. The Labute approximate surface area is 168 Å². The third-order valence-electron chi connectivity index (χ3n) is 5.88. The minimum atomic E-state index is -4.47. The Hall–Kier alpha value is -2.09. The third kappa shape index (κ3) is 4.42. The van der Waals surface area contributed by atoms with Gasteiger partial charge in [-0.1, -0.05) is 13.3 Å². The Morgan fingerprint density at radius 3 is 2.38 bits per heavy atom. The van der Waals surface area contributed by atoms with Gasteiger partial charge in [0.2, 0.25) is 5.91 Å². The smallest absolute Gasteiger partial charge is 0.353 e. The Bertz CT molecular complexity index is 743. The molecule has 2 amide bonds. The van der Waals surface area contributed by atoms with Gasteiger partial charge in [0.15, 0.2) is 0 Å². The zero-order valence-electron chi connectivity index (χ0n) is 16.7. The van der Waals surface area contributed by atoms with E-state index in [1.54, 1.807) is 0 Å². The number of hydrogen-bond acceptors (Lipinski definition) is 3. The number of halogens is 3. The van der Waals surface area contributed by atoms with Crippen LogP contribution in [-0.4, -0.2) is 41.1 Å². The Morgan fingerprint density at radius 1 is 1.21 bits per heavy atom. The molecule has 1 spiro atoms. The summed E-state index contributed by atoms with van der Waals surface area (Å²) in [5.74, 6) is -0.760. The first-order valence-corrected chi connectivity index (χ1v) is 10.1. The second-order valence-corrected chi connectivity index (χ2v) is 7.90. The van der Waals surface area contributed by atoms with Crippen molar-refractivity contribution in [3.05, 3.63) is 35.4 Å². The summed E-state index contributed by atoms with van der Waals surface area (Å²) in [6.45, 7) is 3.92. The number of benzene rings is 1. The quantitative estimate of drug-likeness (QED) is 0.809. The zero-order chi connectivity index (χ0) is 21.2. The fourth-order valence-electron chi connectivity index (χ4n) is 4.05. The number of nitrogens with zero attached hydrogens (tertiary/aromatic N) is 1. The van der Waals surface area contributed by atoms with Gasteiger partial charge in [-0.15, -0.1) is 0 Å². The van der Waals surface area contributed by atoms with Crippen LogP contribution in [0, 0.1) is 0 Å². The number of hydrogen-bond donors (Lipinski definition) is 1. The molecule has 1 aliphatic heterocycles. The van der Waals surface area contributed by atoms with Gasteiger partial charge in [0.25, 0.3) is 5.91 Å². The molecule has 8 heteroatoms. The summed E-state index contributed by atoms with van der Waals surface area (Å²) in [4.78, 5) is 27.7. The minimum absolute atomic E-state index is 0.0478. The molecular formula is C21H27F3N2O3. The first-order chi connectivity index (χ1) is 13.7. The van der Waals surface area contributed by atoms with Gasteiger partial charge in [0, 0.05) is 11.6 Å². The minimum Gasteiger partial charge on any atom is -0.353 e. The van der Waals surface area contributed by atoms with Crippen LogP contribution < -0.4 is 5.32 Å². The molecule has 1 aromatic carbocycles. The summed E-state index contributed by atoms with van der Waals surface area (Å²) >= 11 is 0. The topological polar surface area (TPSA) is 58.6 Å². The highest BCUT2D eigenvalue weighted by atomic mass is 19.4. The van der Waals surface area contributed by atoms with E-state index in [2.05, 4.69) is 5.32 Å². The van der Waals surface area contributed by atoms with E-state index in [9.17, 15) is 22.8 Å². The van der Waals surface area contributed by atoms with E-state index >= 15 is 0 Å². The third-order valence-corrected chi connectivity index (χ3v) is 5.88. The van der Waals surface area contributed by atoms with Crippen LogP contribution in [0.15, 0.2) is 24.3 Å². The fourth-order valence-corrected chi connectivity index (χ4v) is 4.05. The molecule has 1 saturated carbocycles. The van der Waals surface area contributed by atoms with E-state index in [1.807, 2.05) is 13.8 Å². The maximum absolute atomic E-state index is 13.3. The fraction of sp³-hybridized carbons (Fsp3) is 0.619. The van der Waals surface area contributed by atoms with E-state index in [1.165, 1.54) is 17.0 Å². The molecule has 29 heavy (non-hydrogen) atoms. The number of ether oxygens (including phenoxy) is 1. The van der Waals surface area contributed by atoms with Gasteiger partial charge in [-0.25, -0.2) is 0 Å². The van der Waals surface area contributed by atoms with Crippen molar-refractivity contribution >= 4 is 11.8 Å². The molecule has 0 unspecified atom stereocenters. The zero-order valence-corrected chi connectivity index (χ0v) is 16.7. The molecule has 3 rings (SSSR count). The molecule has 1 aromatic rings. The Morgan fingerprint density at radius 2 is 1.83 bits per heavy atom. The van der Waals surface area contributed by atoms with Gasteiger partial charge in [-0.05, 0) is 63.3 Å². The first kappa shape index (κ1) is 21.6. The summed E-state index contributed by atoms with van der Waals surface area (Å²) in [5.41, 5.74) is -1.56. The molecule has 0 aromatic heterocycles. The van der Waals surface area contributed by atoms with Gasteiger partial charge in [0.1, 0.15) is 11.8 Å². The molecule has 5 nitrogen and oxygen atoms in total. The molecule has 160 valence electrons. The van der Waals surface area contributed by atoms with Gasteiger partial charge >= 0.3 is 6.18 Å². The van der Waals surface area contributed by atoms with Gasteiger partial charge in [-0.2, -0.15) is 13.2 Å². The standard InChI is InChI=1S/C21H27F3N2O3/c1-3-14(2)25-18(27)17-13-29-20(11-5-4-6-12-20)26(17)19(28)15-7-9-16(10-8-15)21(22,23)24/h7-10,14,17H,3-6,11-13H2,1-2H3,(H,25,27)/t14-,17+/m0/s1. The molecule has 1 N–H and O–H groups in total. The normalized spacial score (nSPS) is 22.5. The monoisotopic (exact) mass is 412 g/mol. The van der Waals surface area contributed by atoms with Crippen molar-refractivity contribution in [1.29, 1.82) is 0 Å². The predicted molar refractivity (Wildman–Crippen MR) is 101 cm³/mol. The summed E-state index contributed by atoms with van der Waals surface area (Å²) < 4.78 is 44.6. The van der Waals surface area contributed by atoms with Crippen molar-refractivity contribution in [2.24, 2.45) is 0 Å². The average molecular weight is 412 g/mol. The van der Waals surface area contributed by atoms with Crippen molar-refractivity contribution in [3.63, 3.8) is 0 Å². The largest absolute Gasteiger partial charge is 0.416 e. The van der Waals surface area contributed by atoms with Gasteiger partial charge in [0.05, 0.1) is 12.2 Å². The van der Waals surface area contributed by atoms with E-state index in [-0.39, 0.29) is 24.1 Å². The van der Waals surface area contributed by atoms with Crippen LogP contribution in [0.3, 0.4) is 0 Å². The summed E-state index contributed by atoms with van der Waals surface area (Å²) in [6.07, 6.45) is 0.280. The highest BCUT2D eigenvalue weighted by Gasteiger charge is 2.53. The van der Waals surface area contributed by atoms with Gasteiger partial charge < -0.3 is 10.1 Å². The van der Waals surface area contributed by atoms with E-state index in [0.717, 1.165) is 37.8 Å². The Balaban J connectivity index is 1.90. The van der Waals surface area contributed by atoms with Crippen molar-refractivity contribution in [1.82, 2.24) is 10.2 Å². The molecular weight excluding hydrogens is 385 g/mol. The van der Waals surface area contributed by atoms with Gasteiger partial charge in [-0.3, -0.25) is 14.5 Å². The van der Waals surface area contributed by atoms with Crippen LogP contribution in [0.1, 0.15) is 68.3 Å². The number of alkyl halides is 3. The van der Waals surface area contributed by atoms with E-state index in [4.69, 9.17) is 4.74 Å². The number of nitrogens with one attached hydrogen (secondary N) is 1. The molecule has 2 fully saturated rings. The maximum atomic E-state index is 13.3. The second-order valence-electron chi connectivity index (χ2n) is 7.90. The number of rotatable bonds is 4. The van der Waals surface area contributed by atoms with Crippen molar-refractivity contribution in [2.75, 3.05) is 6.61 Å². The van der Waals surface area contributed by atoms with Crippen molar-refractivity contribution in [3.8, 4) is 0 Å². The van der Waals surface area contributed by atoms with Crippen LogP contribution in [0.5, 0.6) is 0 Å². The molecule has 1 aliphatic carbocycles. The van der Waals surface area contributed by atoms with Crippen LogP contribution in [-0.2, 0) is 15.7 Å². The Kier molecular flexibility index (Phi) is 6.22. The van der Waals surface area contributed by atoms with Crippen LogP contribution in [0.4, 0.5) is 13.2 Å². The molecule has 1 heterocycles. The lowest BCUT2D eigenvalue weighted by molar-refractivity contribution is -0.137. The summed E-state index contributed by atoms with van der Waals surface area (Å²) in [7, 11) is 0.